The zero-order valence-corrected chi connectivity index (χ0v) is 13.0. The average molecular weight is 307 g/mol. The zero-order chi connectivity index (χ0) is 16.2. The van der Waals surface area contributed by atoms with E-state index in [1.807, 2.05) is 24.3 Å². The van der Waals surface area contributed by atoms with Crippen LogP contribution in [0.2, 0.25) is 0 Å². The SMILES string of the molecule is COc1cc(C#N)ccc1OCC(=O)c1ccc2c(c1)CCC2. The number of carbonyl (C=O) groups is 1. The molecule has 23 heavy (non-hydrogen) atoms. The van der Waals surface area contributed by atoms with Gasteiger partial charge >= 0.3 is 0 Å². The van der Waals surface area contributed by atoms with Gasteiger partial charge in [0, 0.05) is 11.6 Å². The quantitative estimate of drug-likeness (QED) is 0.795. The number of Topliss-reactive ketones (excluding diaryl/α,β-unsaturated/α-hetero) is 1. The molecule has 4 nitrogen and oxygen atoms in total. The first kappa shape index (κ1) is 15.1. The van der Waals surface area contributed by atoms with E-state index >= 15 is 0 Å². The number of hydrogen-bond acceptors (Lipinski definition) is 4. The van der Waals surface area contributed by atoms with Crippen LogP contribution in [0.3, 0.4) is 0 Å². The first-order valence-electron chi connectivity index (χ1n) is 7.57. The highest BCUT2D eigenvalue weighted by molar-refractivity contribution is 5.97. The number of benzene rings is 2. The van der Waals surface area contributed by atoms with Crippen LogP contribution >= 0.6 is 0 Å². The summed E-state index contributed by atoms with van der Waals surface area (Å²) in [6, 6.07) is 12.8. The van der Waals surface area contributed by atoms with E-state index in [0.29, 0.717) is 22.6 Å². The second-order valence-electron chi connectivity index (χ2n) is 5.53. The predicted molar refractivity (Wildman–Crippen MR) is 86.0 cm³/mol. The second-order valence-corrected chi connectivity index (χ2v) is 5.53. The molecule has 0 aliphatic heterocycles. The molecule has 0 saturated heterocycles. The number of methoxy groups -OCH3 is 1. The normalized spacial score (nSPS) is 12.3. The Morgan fingerprint density at radius 3 is 2.74 bits per heavy atom. The Morgan fingerprint density at radius 1 is 1.13 bits per heavy atom. The maximum atomic E-state index is 12.3. The van der Waals surface area contributed by atoms with Crippen LogP contribution < -0.4 is 9.47 Å². The van der Waals surface area contributed by atoms with Gasteiger partial charge in [-0.05, 0) is 48.6 Å². The van der Waals surface area contributed by atoms with Gasteiger partial charge in [-0.15, -0.1) is 0 Å². The van der Waals surface area contributed by atoms with Crippen LogP contribution in [0.4, 0.5) is 0 Å². The van der Waals surface area contributed by atoms with Crippen LogP contribution in [0.1, 0.15) is 33.5 Å². The monoisotopic (exact) mass is 307 g/mol. The molecule has 0 unspecified atom stereocenters. The van der Waals surface area contributed by atoms with E-state index < -0.39 is 0 Å². The standard InChI is InChI=1S/C19H17NO3/c1-22-19-9-13(11-20)5-8-18(19)23-12-17(21)16-7-6-14-3-2-4-15(14)10-16/h5-10H,2-4,12H2,1H3. The van der Waals surface area contributed by atoms with Crippen molar-refractivity contribution >= 4 is 5.78 Å². The molecule has 2 aromatic carbocycles. The van der Waals surface area contributed by atoms with Gasteiger partial charge < -0.3 is 9.47 Å². The molecular weight excluding hydrogens is 290 g/mol. The lowest BCUT2D eigenvalue weighted by molar-refractivity contribution is 0.0919. The molecule has 3 rings (SSSR count). The first-order chi connectivity index (χ1) is 11.2. The molecule has 0 bridgehead atoms. The summed E-state index contributed by atoms with van der Waals surface area (Å²) in [5, 5.41) is 8.89. The van der Waals surface area contributed by atoms with E-state index in [9.17, 15) is 4.79 Å². The van der Waals surface area contributed by atoms with E-state index in [4.69, 9.17) is 14.7 Å². The Labute approximate surface area is 135 Å². The highest BCUT2D eigenvalue weighted by Crippen LogP contribution is 2.28. The van der Waals surface area contributed by atoms with Gasteiger partial charge in [0.2, 0.25) is 0 Å². The number of nitrogens with zero attached hydrogens (tertiary/aromatic N) is 1. The van der Waals surface area contributed by atoms with Crippen molar-refractivity contribution in [1.82, 2.24) is 0 Å². The van der Waals surface area contributed by atoms with Crippen molar-refractivity contribution in [2.75, 3.05) is 13.7 Å². The van der Waals surface area contributed by atoms with Crippen LogP contribution in [0.5, 0.6) is 11.5 Å². The maximum Gasteiger partial charge on any atom is 0.200 e. The summed E-state index contributed by atoms with van der Waals surface area (Å²) in [5.41, 5.74) is 3.78. The first-order valence-corrected chi connectivity index (χ1v) is 7.57. The van der Waals surface area contributed by atoms with Crippen LogP contribution in [0.25, 0.3) is 0 Å². The highest BCUT2D eigenvalue weighted by atomic mass is 16.5. The lowest BCUT2D eigenvalue weighted by atomic mass is 10.0. The maximum absolute atomic E-state index is 12.3. The van der Waals surface area contributed by atoms with Crippen molar-refractivity contribution in [3.8, 4) is 17.6 Å². The van der Waals surface area contributed by atoms with Gasteiger partial charge in [-0.25, -0.2) is 0 Å². The van der Waals surface area contributed by atoms with Crippen LogP contribution in [0.15, 0.2) is 36.4 Å². The van der Waals surface area contributed by atoms with Crippen molar-refractivity contribution in [3.05, 3.63) is 58.7 Å². The molecule has 0 amide bonds. The number of hydrogen-bond donors (Lipinski definition) is 0. The van der Waals surface area contributed by atoms with Crippen molar-refractivity contribution in [2.45, 2.75) is 19.3 Å². The molecule has 0 atom stereocenters. The minimum absolute atomic E-state index is 0.0545. The molecule has 1 aliphatic rings. The van der Waals surface area contributed by atoms with Crippen molar-refractivity contribution in [2.24, 2.45) is 0 Å². The molecule has 0 aromatic heterocycles. The Hall–Kier alpha value is -2.80. The minimum atomic E-state index is -0.0638. The zero-order valence-electron chi connectivity index (χ0n) is 13.0. The summed E-state index contributed by atoms with van der Waals surface area (Å²) in [6.07, 6.45) is 3.30. The third-order valence-corrected chi connectivity index (χ3v) is 4.07. The lowest BCUT2D eigenvalue weighted by Gasteiger charge is -2.10. The average Bonchev–Trinajstić information content (AvgIpc) is 3.07. The fraction of sp³-hybridized carbons (Fsp3) is 0.263. The van der Waals surface area contributed by atoms with Gasteiger partial charge in [0.25, 0.3) is 0 Å². The number of nitriles is 1. The third kappa shape index (κ3) is 3.19. The molecule has 2 aromatic rings. The molecule has 0 spiro atoms. The summed E-state index contributed by atoms with van der Waals surface area (Å²) in [7, 11) is 1.51. The summed E-state index contributed by atoms with van der Waals surface area (Å²) in [4.78, 5) is 12.3. The molecular formula is C19H17NO3. The fourth-order valence-electron chi connectivity index (χ4n) is 2.83. The van der Waals surface area contributed by atoms with Crippen molar-refractivity contribution in [1.29, 1.82) is 5.26 Å². The van der Waals surface area contributed by atoms with E-state index in [1.165, 1.54) is 18.2 Å². The second kappa shape index (κ2) is 6.53. The van der Waals surface area contributed by atoms with E-state index in [2.05, 4.69) is 0 Å². The van der Waals surface area contributed by atoms with Gasteiger partial charge in [-0.1, -0.05) is 12.1 Å². The Balaban J connectivity index is 1.71. The van der Waals surface area contributed by atoms with E-state index in [1.54, 1.807) is 18.2 Å². The molecule has 0 saturated carbocycles. The summed E-state index contributed by atoms with van der Waals surface area (Å²) >= 11 is 0. The van der Waals surface area contributed by atoms with Gasteiger partial charge in [0.1, 0.15) is 0 Å². The largest absolute Gasteiger partial charge is 0.493 e. The highest BCUT2D eigenvalue weighted by Gasteiger charge is 2.15. The lowest BCUT2D eigenvalue weighted by Crippen LogP contribution is -2.12. The molecule has 0 fully saturated rings. The minimum Gasteiger partial charge on any atom is -0.493 e. The number of ether oxygens (including phenoxy) is 2. The van der Waals surface area contributed by atoms with Gasteiger partial charge in [0.05, 0.1) is 18.7 Å². The van der Waals surface area contributed by atoms with Gasteiger partial charge in [-0.2, -0.15) is 5.26 Å². The van der Waals surface area contributed by atoms with Gasteiger partial charge in [0.15, 0.2) is 23.9 Å². The Morgan fingerprint density at radius 2 is 1.96 bits per heavy atom. The molecule has 4 heteroatoms. The van der Waals surface area contributed by atoms with E-state index in [-0.39, 0.29) is 12.4 Å². The number of aryl methyl sites for hydroxylation is 2. The number of ketones is 1. The smallest absolute Gasteiger partial charge is 0.200 e. The van der Waals surface area contributed by atoms with Crippen LogP contribution in [-0.2, 0) is 12.8 Å². The number of fused-ring (bicyclic) bond motifs is 1. The Kier molecular flexibility index (Phi) is 4.29. The molecule has 0 radical (unpaired) electrons. The molecule has 1 aliphatic carbocycles. The summed E-state index contributed by atoms with van der Waals surface area (Å²) < 4.78 is 10.8. The topological polar surface area (TPSA) is 59.3 Å². The predicted octanol–water partition coefficient (Wildman–Crippen LogP) is 3.32. The summed E-state index contributed by atoms with van der Waals surface area (Å²) in [6.45, 7) is -0.0545. The van der Waals surface area contributed by atoms with Crippen molar-refractivity contribution < 1.29 is 14.3 Å². The summed E-state index contributed by atoms with van der Waals surface area (Å²) in [5.74, 6) is 0.845. The number of carbonyl (C=O) groups excluding carboxylic acids is 1. The Bertz CT molecular complexity index is 790. The molecule has 0 N–H and O–H groups in total. The van der Waals surface area contributed by atoms with Gasteiger partial charge in [-0.3, -0.25) is 4.79 Å². The number of rotatable bonds is 5. The van der Waals surface area contributed by atoms with E-state index in [0.717, 1.165) is 19.3 Å². The van der Waals surface area contributed by atoms with Crippen molar-refractivity contribution in [3.63, 3.8) is 0 Å². The third-order valence-electron chi connectivity index (χ3n) is 4.07. The molecule has 116 valence electrons. The fourth-order valence-corrected chi connectivity index (χ4v) is 2.83. The van der Waals surface area contributed by atoms with Crippen LogP contribution in [0, 0.1) is 11.3 Å². The molecule has 0 heterocycles. The van der Waals surface area contributed by atoms with Crippen LogP contribution in [-0.4, -0.2) is 19.5 Å².